The van der Waals surface area contributed by atoms with Crippen LogP contribution in [0.2, 0.25) is 0 Å². The molecule has 0 heterocycles. The quantitative estimate of drug-likeness (QED) is 0.383. The molecule has 5 heteroatoms. The van der Waals surface area contributed by atoms with Gasteiger partial charge in [0.2, 0.25) is 5.91 Å². The van der Waals surface area contributed by atoms with Crippen molar-refractivity contribution >= 4 is 45.8 Å². The van der Waals surface area contributed by atoms with Gasteiger partial charge in [0.25, 0.3) is 0 Å². The number of halogens is 1. The summed E-state index contributed by atoms with van der Waals surface area (Å²) in [6, 6.07) is 0. The summed E-state index contributed by atoms with van der Waals surface area (Å²) >= 11 is 12.5. The van der Waals surface area contributed by atoms with Crippen LogP contribution in [0.4, 0.5) is 0 Å². The summed E-state index contributed by atoms with van der Waals surface area (Å²) in [5.41, 5.74) is 0. The molecular weight excluding hydrogens is 274 g/mol. The van der Waals surface area contributed by atoms with Crippen molar-refractivity contribution in [3.8, 4) is 0 Å². The predicted molar refractivity (Wildman–Crippen MR) is 81.9 cm³/mol. The van der Waals surface area contributed by atoms with Gasteiger partial charge in [0, 0.05) is 18.8 Å². The zero-order valence-electron chi connectivity index (χ0n) is 10.7. The number of amides is 1. The molecule has 0 spiro atoms. The molecule has 0 radical (unpaired) electrons. The second-order valence-corrected chi connectivity index (χ2v) is 6.02. The van der Waals surface area contributed by atoms with Crippen molar-refractivity contribution in [1.82, 2.24) is 4.90 Å². The summed E-state index contributed by atoms with van der Waals surface area (Å²) in [4.78, 5) is 13.8. The van der Waals surface area contributed by atoms with Crippen LogP contribution in [0.5, 0.6) is 0 Å². The second kappa shape index (κ2) is 11.3. The van der Waals surface area contributed by atoms with E-state index < -0.39 is 0 Å². The third-order valence-electron chi connectivity index (χ3n) is 2.30. The first-order valence-electron chi connectivity index (χ1n) is 6.20. The van der Waals surface area contributed by atoms with Crippen LogP contribution in [-0.2, 0) is 4.79 Å². The molecule has 0 aliphatic carbocycles. The first kappa shape index (κ1) is 17.2. The number of nitrogens with zero attached hydrogens (tertiary/aromatic N) is 1. The van der Waals surface area contributed by atoms with E-state index in [4.69, 9.17) is 23.8 Å². The fraction of sp³-hybridized carbons (Fsp3) is 0.833. The van der Waals surface area contributed by atoms with Crippen molar-refractivity contribution < 1.29 is 4.79 Å². The zero-order valence-corrected chi connectivity index (χ0v) is 13.1. The van der Waals surface area contributed by atoms with Gasteiger partial charge < -0.3 is 0 Å². The number of alkyl halides is 1. The summed E-state index contributed by atoms with van der Waals surface area (Å²) in [5, 5.41) is 0. The maximum Gasteiger partial charge on any atom is 0.228 e. The van der Waals surface area contributed by atoms with E-state index in [1.165, 1.54) is 0 Å². The van der Waals surface area contributed by atoms with Gasteiger partial charge in [0.1, 0.15) is 4.32 Å². The highest BCUT2D eigenvalue weighted by Crippen LogP contribution is 2.13. The molecule has 0 saturated heterocycles. The second-order valence-electron chi connectivity index (χ2n) is 3.74. The van der Waals surface area contributed by atoms with E-state index in [0.717, 1.165) is 42.3 Å². The molecule has 0 fully saturated rings. The Morgan fingerprint density at radius 2 is 2.00 bits per heavy atom. The molecule has 0 rings (SSSR count). The molecule has 100 valence electrons. The smallest absolute Gasteiger partial charge is 0.228 e. The van der Waals surface area contributed by atoms with Crippen molar-refractivity contribution in [3.63, 3.8) is 0 Å². The maximum absolute atomic E-state index is 12.0. The third kappa shape index (κ3) is 8.01. The topological polar surface area (TPSA) is 20.3 Å². The molecule has 0 aromatic heterocycles. The fourth-order valence-electron chi connectivity index (χ4n) is 1.34. The summed E-state index contributed by atoms with van der Waals surface area (Å²) in [6.07, 6.45) is 4.38. The van der Waals surface area contributed by atoms with Gasteiger partial charge in [-0.05, 0) is 25.0 Å². The third-order valence-corrected chi connectivity index (χ3v) is 3.90. The van der Waals surface area contributed by atoms with Crippen LogP contribution in [0.3, 0.4) is 0 Å². The Morgan fingerprint density at radius 1 is 1.29 bits per heavy atom. The zero-order chi connectivity index (χ0) is 13.1. The highest BCUT2D eigenvalue weighted by atomic mass is 35.5. The minimum Gasteiger partial charge on any atom is -0.298 e. The first-order valence-corrected chi connectivity index (χ1v) is 8.13. The van der Waals surface area contributed by atoms with E-state index in [1.807, 2.05) is 6.92 Å². The van der Waals surface area contributed by atoms with Crippen molar-refractivity contribution in [3.05, 3.63) is 0 Å². The van der Waals surface area contributed by atoms with Gasteiger partial charge in [-0.3, -0.25) is 9.69 Å². The molecule has 0 aliphatic heterocycles. The van der Waals surface area contributed by atoms with Gasteiger partial charge in [-0.15, -0.1) is 11.6 Å². The maximum atomic E-state index is 12.0. The largest absolute Gasteiger partial charge is 0.298 e. The van der Waals surface area contributed by atoms with E-state index in [9.17, 15) is 4.79 Å². The van der Waals surface area contributed by atoms with Crippen LogP contribution < -0.4 is 0 Å². The first-order chi connectivity index (χ1) is 8.17. The number of thiocarbonyl (C=S) groups is 1. The summed E-state index contributed by atoms with van der Waals surface area (Å²) < 4.78 is 0.719. The van der Waals surface area contributed by atoms with Gasteiger partial charge >= 0.3 is 0 Å². The monoisotopic (exact) mass is 295 g/mol. The molecule has 17 heavy (non-hydrogen) atoms. The molecule has 1 amide bonds. The van der Waals surface area contributed by atoms with Crippen LogP contribution in [0.25, 0.3) is 0 Å². The Labute approximate surface area is 119 Å². The highest BCUT2D eigenvalue weighted by Gasteiger charge is 2.16. The average molecular weight is 296 g/mol. The van der Waals surface area contributed by atoms with Gasteiger partial charge in [0.15, 0.2) is 0 Å². The van der Waals surface area contributed by atoms with Crippen LogP contribution in [-0.4, -0.2) is 33.3 Å². The Hall–Kier alpha value is 0.200. The number of hydrogen-bond donors (Lipinski definition) is 0. The number of hydrogen-bond acceptors (Lipinski definition) is 3. The molecule has 0 aromatic carbocycles. The molecule has 0 atom stereocenters. The van der Waals surface area contributed by atoms with Gasteiger partial charge in [-0.1, -0.05) is 44.2 Å². The normalized spacial score (nSPS) is 10.3. The molecule has 0 unspecified atom stereocenters. The Balaban J connectivity index is 4.23. The van der Waals surface area contributed by atoms with Crippen LogP contribution in [0.1, 0.15) is 46.0 Å². The number of rotatable bonds is 8. The van der Waals surface area contributed by atoms with Gasteiger partial charge in [0.05, 0.1) is 0 Å². The fourth-order valence-corrected chi connectivity index (χ4v) is 2.67. The number of unbranched alkanes of at least 4 members (excludes halogenated alkanes) is 2. The molecule has 0 N–H and O–H groups in total. The number of carbonyl (C=O) groups excluding carboxylic acids is 1. The van der Waals surface area contributed by atoms with Crippen molar-refractivity contribution in [1.29, 1.82) is 0 Å². The summed E-state index contributed by atoms with van der Waals surface area (Å²) in [5.74, 6) is 1.68. The van der Waals surface area contributed by atoms with Gasteiger partial charge in [-0.2, -0.15) is 0 Å². The average Bonchev–Trinajstić information content (AvgIpc) is 2.30. The molecule has 0 aromatic rings. The standard InChI is InChI=1S/C12H22ClNOS2/c1-3-5-10-14(12(16)17-4-2)11(15)8-6-7-9-13/h3-10H2,1-2H3. The predicted octanol–water partition coefficient (Wildman–Crippen LogP) is 4.06. The molecule has 0 bridgehead atoms. The Bertz CT molecular complexity index is 237. The lowest BCUT2D eigenvalue weighted by atomic mass is 10.2. The molecular formula is C12H22ClNOS2. The summed E-state index contributed by atoms with van der Waals surface area (Å²) in [6.45, 7) is 4.92. The molecule has 0 saturated carbocycles. The number of thioether (sulfide) groups is 1. The Kier molecular flexibility index (Phi) is 11.4. The van der Waals surface area contributed by atoms with E-state index in [2.05, 4.69) is 6.92 Å². The minimum absolute atomic E-state index is 0.148. The number of carbonyl (C=O) groups is 1. The lowest BCUT2D eigenvalue weighted by Gasteiger charge is -2.22. The van der Waals surface area contributed by atoms with Crippen molar-refractivity contribution in [2.75, 3.05) is 18.2 Å². The van der Waals surface area contributed by atoms with Crippen LogP contribution >= 0.6 is 35.6 Å². The SMILES string of the molecule is CCCCN(C(=O)CCCCCl)C(=S)SCC. The van der Waals surface area contributed by atoms with Crippen LogP contribution in [0.15, 0.2) is 0 Å². The van der Waals surface area contributed by atoms with Crippen molar-refractivity contribution in [2.24, 2.45) is 0 Å². The minimum atomic E-state index is 0.148. The van der Waals surface area contributed by atoms with E-state index in [-0.39, 0.29) is 5.91 Å². The van der Waals surface area contributed by atoms with Crippen LogP contribution in [0, 0.1) is 0 Å². The van der Waals surface area contributed by atoms with E-state index in [0.29, 0.717) is 12.3 Å². The van der Waals surface area contributed by atoms with Crippen molar-refractivity contribution in [2.45, 2.75) is 46.0 Å². The molecule has 2 nitrogen and oxygen atoms in total. The highest BCUT2D eigenvalue weighted by molar-refractivity contribution is 8.22. The Morgan fingerprint density at radius 3 is 2.53 bits per heavy atom. The van der Waals surface area contributed by atoms with Gasteiger partial charge in [-0.25, -0.2) is 0 Å². The lowest BCUT2D eigenvalue weighted by molar-refractivity contribution is -0.127. The summed E-state index contributed by atoms with van der Waals surface area (Å²) in [7, 11) is 0. The molecule has 0 aliphatic rings. The van der Waals surface area contributed by atoms with E-state index in [1.54, 1.807) is 16.7 Å². The van der Waals surface area contributed by atoms with E-state index >= 15 is 0 Å². The lowest BCUT2D eigenvalue weighted by Crippen LogP contribution is -2.35.